The van der Waals surface area contributed by atoms with Gasteiger partial charge in [-0.2, -0.15) is 0 Å². The van der Waals surface area contributed by atoms with Crippen LogP contribution in [0.4, 0.5) is 0 Å². The van der Waals surface area contributed by atoms with E-state index in [1.54, 1.807) is 6.20 Å². The van der Waals surface area contributed by atoms with Crippen LogP contribution in [0.15, 0.2) is 104 Å². The quantitative estimate of drug-likeness (QED) is 0.150. The molecule has 0 saturated carbocycles. The molecule has 0 unspecified atom stereocenters. The largest absolute Gasteiger partial charge is 2.00 e. The summed E-state index contributed by atoms with van der Waals surface area (Å²) in [4.78, 5) is 9.45. The zero-order valence-electron chi connectivity index (χ0n) is 19.8. The molecule has 0 aliphatic rings. The van der Waals surface area contributed by atoms with E-state index in [4.69, 9.17) is 9.72 Å². The first-order chi connectivity index (χ1) is 17.7. The van der Waals surface area contributed by atoms with Crippen molar-refractivity contribution in [2.75, 3.05) is 0 Å². The predicted molar refractivity (Wildman–Crippen MR) is 142 cm³/mol. The monoisotopic (exact) mass is 659 g/mol. The maximum Gasteiger partial charge on any atom is 2.00 e. The molecule has 0 aliphatic carbocycles. The fraction of sp³-hybridized carbons (Fsp3) is 0.0323. The normalized spacial score (nSPS) is 11.2. The van der Waals surface area contributed by atoms with Gasteiger partial charge >= 0.3 is 21.1 Å². The molecule has 6 heteroatoms. The van der Waals surface area contributed by atoms with Crippen molar-refractivity contribution in [3.8, 4) is 34.1 Å². The minimum atomic E-state index is 0. The first kappa shape index (κ1) is 23.2. The molecule has 0 amide bonds. The molecule has 0 saturated heterocycles. The van der Waals surface area contributed by atoms with Gasteiger partial charge in [0.1, 0.15) is 0 Å². The summed E-state index contributed by atoms with van der Waals surface area (Å²) >= 11 is 0. The maximum atomic E-state index is 6.23. The van der Waals surface area contributed by atoms with Crippen molar-refractivity contribution in [3.05, 3.63) is 116 Å². The molecule has 4 aromatic carbocycles. The molecule has 0 fully saturated rings. The van der Waals surface area contributed by atoms with Gasteiger partial charge in [-0.15, -0.1) is 29.8 Å². The van der Waals surface area contributed by atoms with Gasteiger partial charge in [-0.25, -0.2) is 0 Å². The van der Waals surface area contributed by atoms with Crippen molar-refractivity contribution < 1.29 is 25.8 Å². The minimum absolute atomic E-state index is 0. The fourth-order valence-corrected chi connectivity index (χ4v) is 4.72. The third-order valence-electron chi connectivity index (χ3n) is 6.42. The number of para-hydroxylation sites is 1. The van der Waals surface area contributed by atoms with Crippen LogP contribution in [-0.4, -0.2) is 18.9 Å². The van der Waals surface area contributed by atoms with Crippen molar-refractivity contribution in [1.82, 2.24) is 18.9 Å². The summed E-state index contributed by atoms with van der Waals surface area (Å²) in [5.74, 6) is 2.05. The van der Waals surface area contributed by atoms with E-state index in [2.05, 4.69) is 70.2 Å². The van der Waals surface area contributed by atoms with Crippen LogP contribution in [0.1, 0.15) is 0 Å². The van der Waals surface area contributed by atoms with Gasteiger partial charge in [-0.3, -0.25) is 9.97 Å². The number of nitrogens with zero attached hydrogens (tertiary/aromatic N) is 4. The average Bonchev–Trinajstić information content (AvgIpc) is 3.57. The Balaban J connectivity index is 0.00000252. The molecule has 0 N–H and O–H groups in total. The van der Waals surface area contributed by atoms with Gasteiger partial charge in [-0.05, 0) is 11.5 Å². The molecule has 0 aliphatic heterocycles. The van der Waals surface area contributed by atoms with Crippen LogP contribution in [0.5, 0.6) is 11.5 Å². The molecule has 180 valence electrons. The molecule has 3 aromatic heterocycles. The molecule has 37 heavy (non-hydrogen) atoms. The van der Waals surface area contributed by atoms with E-state index in [0.717, 1.165) is 50.0 Å². The number of ether oxygens (including phenoxy) is 1. The smallest absolute Gasteiger partial charge is 0.497 e. The molecule has 5 nitrogen and oxygen atoms in total. The SMILES string of the molecule is Cn1ccnc1-c1[c-]c(Oc2[c-]c3c(cc2)c2ccccc2n2cc(-c4ccccc4)nc32)ccc1.[Pt+2]. The number of hydrogen-bond acceptors (Lipinski definition) is 3. The zero-order valence-corrected chi connectivity index (χ0v) is 22.1. The van der Waals surface area contributed by atoms with Gasteiger partial charge in [0.05, 0.1) is 17.2 Å². The van der Waals surface area contributed by atoms with Crippen molar-refractivity contribution >= 4 is 27.3 Å². The molecular weight excluding hydrogens is 639 g/mol. The summed E-state index contributed by atoms with van der Waals surface area (Å²) in [5.41, 5.74) is 4.82. The second-order valence-electron chi connectivity index (χ2n) is 8.71. The van der Waals surface area contributed by atoms with E-state index in [1.165, 1.54) is 0 Å². The van der Waals surface area contributed by atoms with Crippen LogP contribution >= 0.6 is 0 Å². The van der Waals surface area contributed by atoms with Crippen LogP contribution < -0.4 is 4.74 Å². The minimum Gasteiger partial charge on any atom is -0.497 e. The summed E-state index contributed by atoms with van der Waals surface area (Å²) in [5, 5.41) is 3.14. The van der Waals surface area contributed by atoms with E-state index in [9.17, 15) is 0 Å². The fourth-order valence-electron chi connectivity index (χ4n) is 4.72. The van der Waals surface area contributed by atoms with Gasteiger partial charge in [0.15, 0.2) is 0 Å². The van der Waals surface area contributed by atoms with Crippen molar-refractivity contribution in [1.29, 1.82) is 0 Å². The molecule has 0 spiro atoms. The van der Waals surface area contributed by atoms with E-state index < -0.39 is 0 Å². The summed E-state index contributed by atoms with van der Waals surface area (Å²) < 4.78 is 10.3. The third kappa shape index (κ3) is 4.02. The molecule has 0 atom stereocenters. The summed E-state index contributed by atoms with van der Waals surface area (Å²) in [7, 11) is 1.96. The summed E-state index contributed by atoms with van der Waals surface area (Å²) in [6, 6.07) is 35.3. The Bertz CT molecular complexity index is 1890. The number of benzene rings is 4. The van der Waals surface area contributed by atoms with E-state index in [1.807, 2.05) is 60.3 Å². The van der Waals surface area contributed by atoms with Gasteiger partial charge in [-0.1, -0.05) is 77.5 Å². The molecule has 3 heterocycles. The number of aromatic nitrogens is 4. The Hall–Kier alpha value is -4.21. The van der Waals surface area contributed by atoms with Crippen LogP contribution in [0.2, 0.25) is 0 Å². The zero-order chi connectivity index (χ0) is 24.1. The number of fused-ring (bicyclic) bond motifs is 6. The van der Waals surface area contributed by atoms with E-state index in [0.29, 0.717) is 11.5 Å². The second-order valence-corrected chi connectivity index (χ2v) is 8.71. The number of rotatable bonds is 4. The number of imidazole rings is 2. The standard InChI is InChI=1S/C31H20N4O.Pt/c1-34-17-16-32-30(34)22-10-7-11-23(18-22)36-24-14-15-25-26-12-5-6-13-29(26)35-20-28(21-8-3-2-4-9-21)33-31(35)27(25)19-24;/h2-17,20H,1H3;/q-2;+2. The number of aryl methyl sites for hydroxylation is 1. The summed E-state index contributed by atoms with van der Waals surface area (Å²) in [6.07, 6.45) is 5.78. The number of pyridine rings is 1. The Morgan fingerprint density at radius 3 is 2.43 bits per heavy atom. The Kier molecular flexibility index (Phi) is 5.86. The van der Waals surface area contributed by atoms with Gasteiger partial charge in [0.2, 0.25) is 0 Å². The topological polar surface area (TPSA) is 44.4 Å². The first-order valence-corrected chi connectivity index (χ1v) is 11.7. The van der Waals surface area contributed by atoms with Crippen LogP contribution in [-0.2, 0) is 28.1 Å². The van der Waals surface area contributed by atoms with Crippen molar-refractivity contribution in [2.24, 2.45) is 7.05 Å². The van der Waals surface area contributed by atoms with Crippen molar-refractivity contribution in [3.63, 3.8) is 0 Å². The van der Waals surface area contributed by atoms with Gasteiger partial charge < -0.3 is 13.7 Å². The second kappa shape index (κ2) is 9.34. The molecule has 7 aromatic rings. The molecule has 7 rings (SSSR count). The van der Waals surface area contributed by atoms with Crippen molar-refractivity contribution in [2.45, 2.75) is 0 Å². The van der Waals surface area contributed by atoms with E-state index >= 15 is 0 Å². The van der Waals surface area contributed by atoms with Crippen LogP contribution in [0.25, 0.3) is 50.0 Å². The third-order valence-corrected chi connectivity index (χ3v) is 6.42. The van der Waals surface area contributed by atoms with Crippen LogP contribution in [0.3, 0.4) is 0 Å². The van der Waals surface area contributed by atoms with Gasteiger partial charge in [0, 0.05) is 48.2 Å². The van der Waals surface area contributed by atoms with Gasteiger partial charge in [0.25, 0.3) is 0 Å². The van der Waals surface area contributed by atoms with E-state index in [-0.39, 0.29) is 21.1 Å². The average molecular weight is 660 g/mol. The van der Waals surface area contributed by atoms with Crippen LogP contribution in [0, 0.1) is 12.1 Å². The molecular formula is C31H20N4OPt. The Morgan fingerprint density at radius 1 is 0.784 bits per heavy atom. The molecule has 0 bridgehead atoms. The first-order valence-electron chi connectivity index (χ1n) is 11.7. The Morgan fingerprint density at radius 2 is 1.59 bits per heavy atom. The molecule has 0 radical (unpaired) electrons. The Labute approximate surface area is 228 Å². The summed E-state index contributed by atoms with van der Waals surface area (Å²) in [6.45, 7) is 0. The predicted octanol–water partition coefficient (Wildman–Crippen LogP) is 7.10. The number of hydrogen-bond donors (Lipinski definition) is 0. The maximum absolute atomic E-state index is 6.23.